The van der Waals surface area contributed by atoms with Crippen LogP contribution >= 0.6 is 0 Å². The van der Waals surface area contributed by atoms with Crippen LogP contribution in [0.5, 0.6) is 0 Å². The van der Waals surface area contributed by atoms with Crippen LogP contribution in [0.15, 0.2) is 18.2 Å². The van der Waals surface area contributed by atoms with E-state index in [1.54, 1.807) is 18.1 Å². The molecule has 0 aromatic heterocycles. The number of carbonyl (C=O) groups is 2. The fraction of sp³-hybridized carbons (Fsp3) is 0.529. The molecule has 126 valence electrons. The molecule has 1 unspecified atom stereocenters. The van der Waals surface area contributed by atoms with Gasteiger partial charge < -0.3 is 19.6 Å². The van der Waals surface area contributed by atoms with E-state index < -0.39 is 6.10 Å². The maximum atomic E-state index is 12.6. The predicted molar refractivity (Wildman–Crippen MR) is 86.3 cm³/mol. The Labute approximate surface area is 136 Å². The van der Waals surface area contributed by atoms with Crippen LogP contribution in [0.1, 0.15) is 21.5 Å². The Morgan fingerprint density at radius 1 is 1.30 bits per heavy atom. The van der Waals surface area contributed by atoms with Crippen molar-refractivity contribution in [2.45, 2.75) is 20.0 Å². The summed E-state index contributed by atoms with van der Waals surface area (Å²) in [5.41, 5.74) is 2.68. The Kier molecular flexibility index (Phi) is 5.74. The van der Waals surface area contributed by atoms with Crippen molar-refractivity contribution < 1.29 is 19.4 Å². The Bertz CT molecular complexity index is 588. The van der Waals surface area contributed by atoms with Crippen molar-refractivity contribution >= 4 is 11.8 Å². The first-order valence-corrected chi connectivity index (χ1v) is 7.73. The van der Waals surface area contributed by atoms with Crippen molar-refractivity contribution in [3.63, 3.8) is 0 Å². The number of amides is 2. The van der Waals surface area contributed by atoms with Gasteiger partial charge >= 0.3 is 0 Å². The fourth-order valence-corrected chi connectivity index (χ4v) is 2.63. The van der Waals surface area contributed by atoms with Gasteiger partial charge in [-0.15, -0.1) is 0 Å². The second-order valence-electron chi connectivity index (χ2n) is 5.97. The van der Waals surface area contributed by atoms with Crippen molar-refractivity contribution in [3.05, 3.63) is 34.9 Å². The van der Waals surface area contributed by atoms with Crippen molar-refractivity contribution in [3.8, 4) is 0 Å². The maximum absolute atomic E-state index is 12.6. The normalized spacial score (nSPS) is 19.0. The summed E-state index contributed by atoms with van der Waals surface area (Å²) in [6.07, 6.45) is -0.756. The number of aliphatic hydroxyl groups excluding tert-OH is 1. The quantitative estimate of drug-likeness (QED) is 0.882. The summed E-state index contributed by atoms with van der Waals surface area (Å²) in [5, 5.41) is 10.1. The summed E-state index contributed by atoms with van der Waals surface area (Å²) < 4.78 is 4.98. The third-order valence-electron chi connectivity index (χ3n) is 4.15. The van der Waals surface area contributed by atoms with Gasteiger partial charge in [0.25, 0.3) is 5.91 Å². The molecule has 1 aromatic carbocycles. The van der Waals surface area contributed by atoms with Crippen LogP contribution in [0, 0.1) is 13.8 Å². The van der Waals surface area contributed by atoms with Crippen molar-refractivity contribution in [2.75, 3.05) is 39.9 Å². The molecule has 6 heteroatoms. The zero-order valence-corrected chi connectivity index (χ0v) is 13.9. The van der Waals surface area contributed by atoms with Gasteiger partial charge in [0.15, 0.2) is 0 Å². The van der Waals surface area contributed by atoms with Gasteiger partial charge in [0.1, 0.15) is 6.54 Å². The predicted octanol–water partition coefficient (Wildman–Crippen LogP) is 0.595. The van der Waals surface area contributed by atoms with Crippen molar-refractivity contribution in [1.82, 2.24) is 9.80 Å². The molecule has 23 heavy (non-hydrogen) atoms. The summed E-state index contributed by atoms with van der Waals surface area (Å²) in [7, 11) is 1.56. The molecule has 0 bridgehead atoms. The zero-order chi connectivity index (χ0) is 17.0. The maximum Gasteiger partial charge on any atom is 0.254 e. The lowest BCUT2D eigenvalue weighted by Gasteiger charge is -2.21. The number of benzene rings is 1. The number of hydrogen-bond acceptors (Lipinski definition) is 4. The monoisotopic (exact) mass is 320 g/mol. The number of methoxy groups -OCH3 is 1. The molecule has 1 saturated heterocycles. The highest BCUT2D eigenvalue weighted by Gasteiger charge is 2.29. The van der Waals surface area contributed by atoms with E-state index in [0.29, 0.717) is 18.7 Å². The molecule has 0 spiro atoms. The lowest BCUT2D eigenvalue weighted by atomic mass is 10.1. The summed E-state index contributed by atoms with van der Waals surface area (Å²) in [5.74, 6) is -0.398. The summed E-state index contributed by atoms with van der Waals surface area (Å²) in [6, 6.07) is 5.47. The van der Waals surface area contributed by atoms with Crippen molar-refractivity contribution in [2.24, 2.45) is 0 Å². The van der Waals surface area contributed by atoms with E-state index in [4.69, 9.17) is 4.74 Å². The van der Waals surface area contributed by atoms with E-state index in [1.165, 1.54) is 4.90 Å². The number of hydrogen-bond donors (Lipinski definition) is 1. The minimum atomic E-state index is -0.756. The largest absolute Gasteiger partial charge is 0.389 e. The lowest BCUT2D eigenvalue weighted by Crippen LogP contribution is -2.40. The number of rotatable bonds is 4. The molecule has 1 aliphatic rings. The number of β-amino-alcohol motifs (C(OH)–C–C–N with tert-alkyl or cyclic N) is 1. The Morgan fingerprint density at radius 3 is 2.70 bits per heavy atom. The number of ether oxygens (including phenoxy) is 1. The number of carbonyl (C=O) groups excluding carboxylic acids is 2. The van der Waals surface area contributed by atoms with Crippen LogP contribution in [0.25, 0.3) is 0 Å². The Hall–Kier alpha value is -1.92. The van der Waals surface area contributed by atoms with Crippen LogP contribution in [-0.2, 0) is 9.53 Å². The minimum absolute atomic E-state index is 0.0213. The highest BCUT2D eigenvalue weighted by Crippen LogP contribution is 2.14. The first-order chi connectivity index (χ1) is 10.9. The van der Waals surface area contributed by atoms with Gasteiger partial charge in [-0.3, -0.25) is 9.59 Å². The molecule has 1 aliphatic heterocycles. The van der Waals surface area contributed by atoms with E-state index in [1.807, 2.05) is 26.0 Å². The van der Waals surface area contributed by atoms with Crippen LogP contribution < -0.4 is 0 Å². The fourth-order valence-electron chi connectivity index (χ4n) is 2.63. The van der Waals surface area contributed by atoms with Gasteiger partial charge in [-0.25, -0.2) is 0 Å². The zero-order valence-electron chi connectivity index (χ0n) is 13.9. The van der Waals surface area contributed by atoms with Crippen LogP contribution in [0.4, 0.5) is 0 Å². The average Bonchev–Trinajstić information content (AvgIpc) is 2.66. The van der Waals surface area contributed by atoms with Gasteiger partial charge in [-0.05, 0) is 37.1 Å². The van der Waals surface area contributed by atoms with E-state index in [-0.39, 0.29) is 31.4 Å². The Morgan fingerprint density at radius 2 is 2.04 bits per heavy atom. The molecule has 1 fully saturated rings. The molecule has 2 rings (SSSR count). The molecule has 1 N–H and O–H groups in total. The highest BCUT2D eigenvalue weighted by molar-refractivity contribution is 5.97. The second kappa shape index (κ2) is 7.57. The van der Waals surface area contributed by atoms with Crippen LogP contribution in [0.3, 0.4) is 0 Å². The summed E-state index contributed by atoms with van der Waals surface area (Å²) >= 11 is 0. The van der Waals surface area contributed by atoms with Gasteiger partial charge in [-0.1, -0.05) is 6.07 Å². The smallest absolute Gasteiger partial charge is 0.254 e. The molecule has 0 aliphatic carbocycles. The molecular weight excluding hydrogens is 296 g/mol. The average molecular weight is 320 g/mol. The van der Waals surface area contributed by atoms with Crippen molar-refractivity contribution in [1.29, 1.82) is 0 Å². The van der Waals surface area contributed by atoms with Gasteiger partial charge in [-0.2, -0.15) is 0 Å². The molecule has 6 nitrogen and oxygen atoms in total. The second-order valence-corrected chi connectivity index (χ2v) is 5.97. The lowest BCUT2D eigenvalue weighted by molar-refractivity contribution is -0.131. The summed E-state index contributed by atoms with van der Waals surface area (Å²) in [4.78, 5) is 27.9. The first-order valence-electron chi connectivity index (χ1n) is 7.73. The molecule has 1 atom stereocenters. The first kappa shape index (κ1) is 17.4. The van der Waals surface area contributed by atoms with E-state index in [9.17, 15) is 14.7 Å². The molecule has 2 amide bonds. The SMILES string of the molecule is COCCN1CC(O)CN(C(=O)c2ccc(C)c(C)c2)CC1=O. The Balaban J connectivity index is 2.14. The molecule has 1 heterocycles. The van der Waals surface area contributed by atoms with E-state index in [2.05, 4.69) is 0 Å². The summed E-state index contributed by atoms with van der Waals surface area (Å²) in [6.45, 7) is 5.10. The number of nitrogens with zero attached hydrogens (tertiary/aromatic N) is 2. The number of aliphatic hydroxyl groups is 1. The number of aryl methyl sites for hydroxylation is 2. The van der Waals surface area contributed by atoms with Gasteiger partial charge in [0.05, 0.1) is 12.7 Å². The highest BCUT2D eigenvalue weighted by atomic mass is 16.5. The van der Waals surface area contributed by atoms with Crippen LogP contribution in [-0.4, -0.2) is 72.7 Å². The van der Waals surface area contributed by atoms with E-state index in [0.717, 1.165) is 11.1 Å². The molecular formula is C17H24N2O4. The van der Waals surface area contributed by atoms with E-state index >= 15 is 0 Å². The molecule has 0 radical (unpaired) electrons. The van der Waals surface area contributed by atoms with Gasteiger partial charge in [0, 0.05) is 32.3 Å². The minimum Gasteiger partial charge on any atom is -0.389 e. The van der Waals surface area contributed by atoms with Gasteiger partial charge in [0.2, 0.25) is 5.91 Å². The molecule has 1 aromatic rings. The third-order valence-corrected chi connectivity index (χ3v) is 4.15. The third kappa shape index (κ3) is 4.30. The molecule has 0 saturated carbocycles. The standard InChI is InChI=1S/C17H24N2O4/c1-12-4-5-14(8-13(12)2)17(22)19-10-15(20)9-18(6-7-23-3)16(21)11-19/h4-5,8,15,20H,6-7,9-11H2,1-3H3. The van der Waals surface area contributed by atoms with Crippen LogP contribution in [0.2, 0.25) is 0 Å². The topological polar surface area (TPSA) is 70.1 Å².